The van der Waals surface area contributed by atoms with Gasteiger partial charge in [-0.15, -0.1) is 0 Å². The SMILES string of the molecule is O=C(O)CC[C@H]1CN(Cc2cccc3ccccc23)CC[C@H]1N1CCOCC1. The van der Waals surface area contributed by atoms with Gasteiger partial charge < -0.3 is 9.84 Å². The number of ether oxygens (including phenoxy) is 1. The Morgan fingerprint density at radius 3 is 2.68 bits per heavy atom. The standard InChI is InChI=1S/C23H30N2O3/c26-23(27)9-8-20-17-24(11-10-22(20)25-12-14-28-15-13-25)16-19-6-3-5-18-4-1-2-7-21(18)19/h1-7,20,22H,8-17H2,(H,26,27)/t20-,22+/m0/s1. The first-order valence-electron chi connectivity index (χ1n) is 10.4. The van der Waals surface area contributed by atoms with Crippen molar-refractivity contribution in [3.05, 3.63) is 48.0 Å². The van der Waals surface area contributed by atoms with Gasteiger partial charge in [-0.1, -0.05) is 42.5 Å². The summed E-state index contributed by atoms with van der Waals surface area (Å²) in [6.07, 6.45) is 2.12. The number of morpholine rings is 1. The first-order valence-corrected chi connectivity index (χ1v) is 10.4. The van der Waals surface area contributed by atoms with Gasteiger partial charge in [-0.3, -0.25) is 14.6 Å². The summed E-state index contributed by atoms with van der Waals surface area (Å²) in [5, 5.41) is 11.8. The molecule has 0 aromatic heterocycles. The third-order valence-electron chi connectivity index (χ3n) is 6.30. The Balaban J connectivity index is 1.47. The zero-order chi connectivity index (χ0) is 19.3. The van der Waals surface area contributed by atoms with Gasteiger partial charge in [0.15, 0.2) is 0 Å². The molecule has 5 heteroatoms. The molecule has 2 atom stereocenters. The summed E-state index contributed by atoms with van der Waals surface area (Å²) in [4.78, 5) is 16.2. The zero-order valence-electron chi connectivity index (χ0n) is 16.4. The molecule has 2 saturated heterocycles. The highest BCUT2D eigenvalue weighted by atomic mass is 16.5. The van der Waals surface area contributed by atoms with Crippen LogP contribution in [-0.4, -0.2) is 66.3 Å². The fourth-order valence-electron chi connectivity index (χ4n) is 4.89. The van der Waals surface area contributed by atoms with E-state index in [1.807, 2.05) is 0 Å². The molecule has 2 heterocycles. The molecule has 1 N–H and O–H groups in total. The highest BCUT2D eigenvalue weighted by Crippen LogP contribution is 2.29. The van der Waals surface area contributed by atoms with E-state index in [4.69, 9.17) is 4.74 Å². The third kappa shape index (κ3) is 4.54. The van der Waals surface area contributed by atoms with Crippen LogP contribution in [0, 0.1) is 5.92 Å². The van der Waals surface area contributed by atoms with E-state index in [1.54, 1.807) is 0 Å². The van der Waals surface area contributed by atoms with Crippen molar-refractivity contribution in [1.82, 2.24) is 9.80 Å². The number of carboxylic acid groups (broad SMARTS) is 1. The maximum Gasteiger partial charge on any atom is 0.303 e. The number of hydrogen-bond donors (Lipinski definition) is 1. The van der Waals surface area contributed by atoms with E-state index in [-0.39, 0.29) is 6.42 Å². The Hall–Kier alpha value is -1.95. The predicted octanol–water partition coefficient (Wildman–Crippen LogP) is 3.23. The number of benzene rings is 2. The lowest BCUT2D eigenvalue weighted by Crippen LogP contribution is -2.53. The van der Waals surface area contributed by atoms with Gasteiger partial charge in [0.05, 0.1) is 13.2 Å². The quantitative estimate of drug-likeness (QED) is 0.831. The van der Waals surface area contributed by atoms with E-state index < -0.39 is 5.97 Å². The molecule has 2 aliphatic rings. The van der Waals surface area contributed by atoms with E-state index in [9.17, 15) is 9.90 Å². The molecule has 0 radical (unpaired) electrons. The number of nitrogens with zero attached hydrogens (tertiary/aromatic N) is 2. The highest BCUT2D eigenvalue weighted by Gasteiger charge is 2.34. The Morgan fingerprint density at radius 1 is 1.07 bits per heavy atom. The van der Waals surface area contributed by atoms with Crippen LogP contribution < -0.4 is 0 Å². The first-order chi connectivity index (χ1) is 13.7. The van der Waals surface area contributed by atoms with Crippen molar-refractivity contribution in [3.8, 4) is 0 Å². The molecular weight excluding hydrogens is 352 g/mol. The Kier molecular flexibility index (Phi) is 6.25. The van der Waals surface area contributed by atoms with Crippen LogP contribution in [0.15, 0.2) is 42.5 Å². The third-order valence-corrected chi connectivity index (χ3v) is 6.30. The summed E-state index contributed by atoms with van der Waals surface area (Å²) in [6.45, 7) is 6.49. The average Bonchev–Trinajstić information content (AvgIpc) is 2.73. The largest absolute Gasteiger partial charge is 0.481 e. The fraction of sp³-hybridized carbons (Fsp3) is 0.522. The van der Waals surface area contributed by atoms with E-state index in [0.29, 0.717) is 12.0 Å². The van der Waals surface area contributed by atoms with Crippen molar-refractivity contribution in [1.29, 1.82) is 0 Å². The molecule has 5 nitrogen and oxygen atoms in total. The van der Waals surface area contributed by atoms with E-state index in [2.05, 4.69) is 52.3 Å². The summed E-state index contributed by atoms with van der Waals surface area (Å²) < 4.78 is 5.52. The number of fused-ring (bicyclic) bond motifs is 1. The van der Waals surface area contributed by atoms with Gasteiger partial charge in [-0.25, -0.2) is 0 Å². The summed E-state index contributed by atoms with van der Waals surface area (Å²) in [7, 11) is 0. The number of likely N-dealkylation sites (tertiary alicyclic amines) is 1. The molecule has 150 valence electrons. The van der Waals surface area contributed by atoms with Gasteiger partial charge in [0, 0.05) is 38.6 Å². The number of piperidine rings is 1. The van der Waals surface area contributed by atoms with Crippen LogP contribution >= 0.6 is 0 Å². The van der Waals surface area contributed by atoms with Crippen LogP contribution in [0.3, 0.4) is 0 Å². The number of carboxylic acids is 1. The van der Waals surface area contributed by atoms with Crippen LogP contribution in [0.5, 0.6) is 0 Å². The van der Waals surface area contributed by atoms with Gasteiger partial charge >= 0.3 is 5.97 Å². The Labute approximate surface area is 166 Å². The lowest BCUT2D eigenvalue weighted by atomic mass is 9.86. The molecule has 4 rings (SSSR count). The van der Waals surface area contributed by atoms with Crippen LogP contribution in [0.2, 0.25) is 0 Å². The summed E-state index contributed by atoms with van der Waals surface area (Å²) >= 11 is 0. The van der Waals surface area contributed by atoms with Crippen molar-refractivity contribution in [2.75, 3.05) is 39.4 Å². The molecule has 0 bridgehead atoms. The van der Waals surface area contributed by atoms with Gasteiger partial charge in [0.2, 0.25) is 0 Å². The normalized spacial score (nSPS) is 24.4. The second-order valence-corrected chi connectivity index (χ2v) is 8.07. The van der Waals surface area contributed by atoms with Crippen molar-refractivity contribution in [3.63, 3.8) is 0 Å². The maximum absolute atomic E-state index is 11.2. The minimum atomic E-state index is -0.688. The first kappa shape index (κ1) is 19.4. The maximum atomic E-state index is 11.2. The summed E-state index contributed by atoms with van der Waals surface area (Å²) in [6, 6.07) is 15.6. The smallest absolute Gasteiger partial charge is 0.303 e. The molecule has 0 amide bonds. The Bertz CT molecular complexity index is 798. The summed E-state index contributed by atoms with van der Waals surface area (Å²) in [5.41, 5.74) is 1.36. The lowest BCUT2D eigenvalue weighted by molar-refractivity contribution is -0.137. The number of rotatable bonds is 6. The number of hydrogen-bond acceptors (Lipinski definition) is 4. The van der Waals surface area contributed by atoms with Gasteiger partial charge in [-0.05, 0) is 41.6 Å². The van der Waals surface area contributed by atoms with Gasteiger partial charge in [-0.2, -0.15) is 0 Å². The summed E-state index contributed by atoms with van der Waals surface area (Å²) in [5.74, 6) is -0.287. The minimum absolute atomic E-state index is 0.258. The second-order valence-electron chi connectivity index (χ2n) is 8.07. The molecule has 2 aliphatic heterocycles. The van der Waals surface area contributed by atoms with E-state index in [0.717, 1.165) is 58.8 Å². The lowest BCUT2D eigenvalue weighted by Gasteiger charge is -2.45. The molecule has 0 spiro atoms. The number of aliphatic carboxylic acids is 1. The van der Waals surface area contributed by atoms with Crippen molar-refractivity contribution in [2.24, 2.45) is 5.92 Å². The highest BCUT2D eigenvalue weighted by molar-refractivity contribution is 5.85. The molecule has 28 heavy (non-hydrogen) atoms. The minimum Gasteiger partial charge on any atom is -0.481 e. The monoisotopic (exact) mass is 382 g/mol. The molecule has 0 aliphatic carbocycles. The molecule has 2 aromatic rings. The number of carbonyl (C=O) groups is 1. The van der Waals surface area contributed by atoms with E-state index >= 15 is 0 Å². The van der Waals surface area contributed by atoms with Crippen LogP contribution in [-0.2, 0) is 16.1 Å². The second kappa shape index (κ2) is 9.03. The zero-order valence-corrected chi connectivity index (χ0v) is 16.4. The van der Waals surface area contributed by atoms with Crippen molar-refractivity contribution < 1.29 is 14.6 Å². The molecular formula is C23H30N2O3. The molecule has 0 saturated carbocycles. The fourth-order valence-corrected chi connectivity index (χ4v) is 4.89. The molecule has 2 aromatic carbocycles. The van der Waals surface area contributed by atoms with Gasteiger partial charge in [0.1, 0.15) is 0 Å². The van der Waals surface area contributed by atoms with E-state index in [1.165, 1.54) is 16.3 Å². The predicted molar refractivity (Wildman–Crippen MR) is 110 cm³/mol. The van der Waals surface area contributed by atoms with Crippen LogP contribution in [0.25, 0.3) is 10.8 Å². The van der Waals surface area contributed by atoms with Gasteiger partial charge in [0.25, 0.3) is 0 Å². The topological polar surface area (TPSA) is 53.0 Å². The van der Waals surface area contributed by atoms with Crippen LogP contribution in [0.1, 0.15) is 24.8 Å². The molecule has 2 fully saturated rings. The van der Waals surface area contributed by atoms with Crippen molar-refractivity contribution >= 4 is 16.7 Å². The Morgan fingerprint density at radius 2 is 1.86 bits per heavy atom. The van der Waals surface area contributed by atoms with Crippen molar-refractivity contribution in [2.45, 2.75) is 31.8 Å². The van der Waals surface area contributed by atoms with Crippen LogP contribution in [0.4, 0.5) is 0 Å². The molecule has 0 unspecified atom stereocenters. The average molecular weight is 383 g/mol.